The number of anilines is 1. The smallest absolute Gasteiger partial charge is 0.255 e. The van der Waals surface area contributed by atoms with E-state index in [0.29, 0.717) is 48.5 Å². The standard InChI is InChI=1S/C26H22FN3O3/c27-23-7-3-4-8-24(23)33-21-11-9-20(10-12-21)29-25(31)18-13-15-30(16-14-18)26(32)22-6-2-1-5-19(22)17-28/h1-12,18H,13-16H2,(H,29,31). The molecule has 6 nitrogen and oxygen atoms in total. The lowest BCUT2D eigenvalue weighted by atomic mass is 9.95. The van der Waals surface area contributed by atoms with Crippen LogP contribution in [-0.2, 0) is 4.79 Å². The molecule has 1 fully saturated rings. The molecule has 1 saturated heterocycles. The van der Waals surface area contributed by atoms with Gasteiger partial charge in [-0.15, -0.1) is 0 Å². The number of likely N-dealkylation sites (tertiary alicyclic amines) is 1. The lowest BCUT2D eigenvalue weighted by molar-refractivity contribution is -0.121. The SMILES string of the molecule is N#Cc1ccccc1C(=O)N1CCC(C(=O)Nc2ccc(Oc3ccccc3F)cc2)CC1. The molecule has 2 amide bonds. The highest BCUT2D eigenvalue weighted by Crippen LogP contribution is 2.26. The minimum absolute atomic E-state index is 0.109. The van der Waals surface area contributed by atoms with Crippen LogP contribution in [0.4, 0.5) is 10.1 Å². The molecule has 0 spiro atoms. The summed E-state index contributed by atoms with van der Waals surface area (Å²) >= 11 is 0. The molecule has 4 rings (SSSR count). The highest BCUT2D eigenvalue weighted by molar-refractivity contribution is 5.97. The van der Waals surface area contributed by atoms with Crippen LogP contribution in [0.5, 0.6) is 11.5 Å². The third kappa shape index (κ3) is 5.18. The van der Waals surface area contributed by atoms with Crippen LogP contribution in [0.2, 0.25) is 0 Å². The van der Waals surface area contributed by atoms with Crippen molar-refractivity contribution in [3.8, 4) is 17.6 Å². The number of carbonyl (C=O) groups excluding carboxylic acids is 2. The van der Waals surface area contributed by atoms with Crippen LogP contribution in [0.25, 0.3) is 0 Å². The van der Waals surface area contributed by atoms with Crippen molar-refractivity contribution in [1.82, 2.24) is 4.90 Å². The first kappa shape index (κ1) is 22.0. The molecule has 3 aromatic rings. The summed E-state index contributed by atoms with van der Waals surface area (Å²) in [5.41, 5.74) is 1.35. The zero-order chi connectivity index (χ0) is 23.2. The van der Waals surface area contributed by atoms with Gasteiger partial charge in [-0.05, 0) is 61.4 Å². The predicted octanol–water partition coefficient (Wildman–Crippen LogP) is 4.98. The number of ether oxygens (including phenoxy) is 1. The fourth-order valence-corrected chi connectivity index (χ4v) is 3.79. The second kappa shape index (κ2) is 9.96. The van der Waals surface area contributed by atoms with Gasteiger partial charge in [-0.3, -0.25) is 9.59 Å². The molecule has 0 atom stereocenters. The lowest BCUT2D eigenvalue weighted by Gasteiger charge is -2.31. The maximum atomic E-state index is 13.7. The van der Waals surface area contributed by atoms with Crippen molar-refractivity contribution < 1.29 is 18.7 Å². The molecule has 166 valence electrons. The first-order chi connectivity index (χ1) is 16.0. The van der Waals surface area contributed by atoms with E-state index in [1.807, 2.05) is 0 Å². The van der Waals surface area contributed by atoms with Crippen LogP contribution < -0.4 is 10.1 Å². The van der Waals surface area contributed by atoms with Crippen molar-refractivity contribution in [2.45, 2.75) is 12.8 Å². The maximum absolute atomic E-state index is 13.7. The second-order valence-electron chi connectivity index (χ2n) is 7.77. The van der Waals surface area contributed by atoms with Gasteiger partial charge in [-0.25, -0.2) is 4.39 Å². The van der Waals surface area contributed by atoms with Gasteiger partial charge in [0.05, 0.1) is 17.2 Å². The Labute approximate surface area is 191 Å². The summed E-state index contributed by atoms with van der Waals surface area (Å²) in [6.45, 7) is 0.901. The average Bonchev–Trinajstić information content (AvgIpc) is 2.86. The van der Waals surface area contributed by atoms with Crippen molar-refractivity contribution in [3.63, 3.8) is 0 Å². The van der Waals surface area contributed by atoms with Crippen molar-refractivity contribution in [3.05, 3.63) is 89.7 Å². The molecule has 0 aliphatic carbocycles. The van der Waals surface area contributed by atoms with Crippen LogP contribution in [0.3, 0.4) is 0 Å². The van der Waals surface area contributed by atoms with Gasteiger partial charge < -0.3 is 15.0 Å². The molecule has 33 heavy (non-hydrogen) atoms. The van der Waals surface area contributed by atoms with Gasteiger partial charge in [0.25, 0.3) is 5.91 Å². The van der Waals surface area contributed by atoms with Crippen LogP contribution in [-0.4, -0.2) is 29.8 Å². The van der Waals surface area contributed by atoms with Crippen molar-refractivity contribution >= 4 is 17.5 Å². The molecule has 0 unspecified atom stereocenters. The Hall–Kier alpha value is -4.18. The Balaban J connectivity index is 1.31. The fraction of sp³-hybridized carbons (Fsp3) is 0.192. The van der Waals surface area contributed by atoms with Gasteiger partial charge in [0.15, 0.2) is 11.6 Å². The van der Waals surface area contributed by atoms with E-state index in [9.17, 15) is 19.2 Å². The van der Waals surface area contributed by atoms with Crippen molar-refractivity contribution in [2.75, 3.05) is 18.4 Å². The molecule has 0 radical (unpaired) electrons. The van der Waals surface area contributed by atoms with E-state index < -0.39 is 5.82 Å². The number of halogens is 1. The second-order valence-corrected chi connectivity index (χ2v) is 7.77. The number of hydrogen-bond donors (Lipinski definition) is 1. The quantitative estimate of drug-likeness (QED) is 0.603. The number of hydrogen-bond acceptors (Lipinski definition) is 4. The molecule has 0 aromatic heterocycles. The summed E-state index contributed by atoms with van der Waals surface area (Å²) in [4.78, 5) is 27.2. The number of nitrogens with zero attached hydrogens (tertiary/aromatic N) is 2. The molecule has 0 saturated carbocycles. The molecular weight excluding hydrogens is 421 g/mol. The largest absolute Gasteiger partial charge is 0.454 e. The third-order valence-electron chi connectivity index (χ3n) is 5.62. The van der Waals surface area contributed by atoms with Gasteiger partial charge in [-0.1, -0.05) is 24.3 Å². The van der Waals surface area contributed by atoms with E-state index >= 15 is 0 Å². The van der Waals surface area contributed by atoms with Crippen molar-refractivity contribution in [1.29, 1.82) is 5.26 Å². The number of nitrogens with one attached hydrogen (secondary N) is 1. The Morgan fingerprint density at radius 2 is 1.64 bits per heavy atom. The number of benzene rings is 3. The van der Waals surface area contributed by atoms with Gasteiger partial charge in [-0.2, -0.15) is 5.26 Å². The van der Waals surface area contributed by atoms with Crippen LogP contribution in [0, 0.1) is 23.1 Å². The van der Waals surface area contributed by atoms with Gasteiger partial charge >= 0.3 is 0 Å². The van der Waals surface area contributed by atoms with E-state index in [0.717, 1.165) is 0 Å². The predicted molar refractivity (Wildman–Crippen MR) is 121 cm³/mol. The number of nitriles is 1. The van der Waals surface area contributed by atoms with Gasteiger partial charge in [0, 0.05) is 24.7 Å². The Morgan fingerprint density at radius 3 is 2.33 bits per heavy atom. The molecule has 3 aromatic carbocycles. The monoisotopic (exact) mass is 443 g/mol. The molecule has 7 heteroatoms. The summed E-state index contributed by atoms with van der Waals surface area (Å²) in [6, 6.07) is 21.7. The number of rotatable bonds is 5. The zero-order valence-corrected chi connectivity index (χ0v) is 17.8. The molecule has 1 N–H and O–H groups in total. The van der Waals surface area contributed by atoms with E-state index in [2.05, 4.69) is 11.4 Å². The topological polar surface area (TPSA) is 82.4 Å². The Kier molecular flexibility index (Phi) is 6.65. The number of piperidine rings is 1. The summed E-state index contributed by atoms with van der Waals surface area (Å²) < 4.78 is 19.3. The fourth-order valence-electron chi connectivity index (χ4n) is 3.79. The highest BCUT2D eigenvalue weighted by atomic mass is 19.1. The summed E-state index contributed by atoms with van der Waals surface area (Å²) in [7, 11) is 0. The number of carbonyl (C=O) groups is 2. The van der Waals surface area contributed by atoms with Gasteiger partial charge in [0.2, 0.25) is 5.91 Å². The van der Waals surface area contributed by atoms with Crippen LogP contribution in [0.15, 0.2) is 72.8 Å². The minimum Gasteiger partial charge on any atom is -0.454 e. The minimum atomic E-state index is -0.448. The summed E-state index contributed by atoms with van der Waals surface area (Å²) in [5.74, 6) is -0.361. The van der Waals surface area contributed by atoms with E-state index in [4.69, 9.17) is 4.74 Å². The van der Waals surface area contributed by atoms with E-state index in [1.165, 1.54) is 6.07 Å². The number of amides is 2. The summed E-state index contributed by atoms with van der Waals surface area (Å²) in [6.07, 6.45) is 1.08. The Bertz CT molecular complexity index is 1200. The van der Waals surface area contributed by atoms with Crippen molar-refractivity contribution in [2.24, 2.45) is 5.92 Å². The van der Waals surface area contributed by atoms with Crippen LogP contribution >= 0.6 is 0 Å². The van der Waals surface area contributed by atoms with E-state index in [1.54, 1.807) is 71.6 Å². The molecule has 1 aliphatic heterocycles. The summed E-state index contributed by atoms with van der Waals surface area (Å²) in [5, 5.41) is 12.1. The molecule has 0 bridgehead atoms. The first-order valence-corrected chi connectivity index (χ1v) is 10.7. The Morgan fingerprint density at radius 1 is 0.970 bits per heavy atom. The molecular formula is C26H22FN3O3. The third-order valence-corrected chi connectivity index (χ3v) is 5.62. The van der Waals surface area contributed by atoms with Gasteiger partial charge in [0.1, 0.15) is 5.75 Å². The average molecular weight is 443 g/mol. The molecule has 1 heterocycles. The molecule has 1 aliphatic rings. The van der Waals surface area contributed by atoms with Crippen LogP contribution in [0.1, 0.15) is 28.8 Å². The first-order valence-electron chi connectivity index (χ1n) is 10.7. The number of para-hydroxylation sites is 1. The lowest BCUT2D eigenvalue weighted by Crippen LogP contribution is -2.41. The zero-order valence-electron chi connectivity index (χ0n) is 17.8. The normalized spacial score (nSPS) is 13.8. The van der Waals surface area contributed by atoms with E-state index in [-0.39, 0.29) is 23.5 Å². The maximum Gasteiger partial charge on any atom is 0.255 e. The highest BCUT2D eigenvalue weighted by Gasteiger charge is 2.28.